The maximum absolute atomic E-state index is 12.9. The van der Waals surface area contributed by atoms with Gasteiger partial charge in [0, 0.05) is 6.07 Å². The molecule has 0 aliphatic rings. The van der Waals surface area contributed by atoms with Crippen molar-refractivity contribution in [3.8, 4) is 5.75 Å². The monoisotopic (exact) mass is 297 g/mol. The van der Waals surface area contributed by atoms with Crippen molar-refractivity contribution >= 4 is 11.9 Å². The van der Waals surface area contributed by atoms with Crippen LogP contribution in [0.2, 0.25) is 0 Å². The summed E-state index contributed by atoms with van der Waals surface area (Å²) in [4.78, 5) is 22.9. The fourth-order valence-corrected chi connectivity index (χ4v) is 1.70. The van der Waals surface area contributed by atoms with E-state index in [1.54, 1.807) is 26.8 Å². The van der Waals surface area contributed by atoms with Gasteiger partial charge in [-0.1, -0.05) is 26.8 Å². The number of carboxylic acids is 1. The van der Waals surface area contributed by atoms with Crippen LogP contribution in [-0.4, -0.2) is 29.6 Å². The molecule has 0 bridgehead atoms. The molecule has 2 N–H and O–H groups in total. The van der Waals surface area contributed by atoms with Crippen LogP contribution in [0, 0.1) is 11.2 Å². The molecule has 1 atom stereocenters. The Morgan fingerprint density at radius 3 is 2.57 bits per heavy atom. The van der Waals surface area contributed by atoms with E-state index in [4.69, 9.17) is 9.84 Å². The molecule has 1 rings (SSSR count). The Hall–Kier alpha value is -2.11. The summed E-state index contributed by atoms with van der Waals surface area (Å²) in [7, 11) is 0. The zero-order valence-corrected chi connectivity index (χ0v) is 12.4. The first-order valence-electron chi connectivity index (χ1n) is 6.60. The minimum atomic E-state index is -1.08. The smallest absolute Gasteiger partial charge is 0.326 e. The van der Waals surface area contributed by atoms with Crippen LogP contribution in [0.1, 0.15) is 27.2 Å². The number of carbonyl (C=O) groups excluding carboxylic acids is 1. The molecule has 1 aromatic rings. The third kappa shape index (κ3) is 5.81. The van der Waals surface area contributed by atoms with Gasteiger partial charge < -0.3 is 15.2 Å². The van der Waals surface area contributed by atoms with E-state index >= 15 is 0 Å². The highest BCUT2D eigenvalue weighted by molar-refractivity contribution is 5.84. The first-order valence-corrected chi connectivity index (χ1v) is 6.60. The molecule has 0 heterocycles. The number of benzene rings is 1. The number of hydrogen-bond acceptors (Lipinski definition) is 3. The molecule has 0 fully saturated rings. The van der Waals surface area contributed by atoms with Gasteiger partial charge >= 0.3 is 5.97 Å². The number of nitrogens with one attached hydrogen (secondary N) is 1. The molecular formula is C15H20FNO4. The summed E-state index contributed by atoms with van der Waals surface area (Å²) in [5, 5.41) is 11.6. The molecule has 1 aromatic carbocycles. The maximum Gasteiger partial charge on any atom is 0.326 e. The van der Waals surface area contributed by atoms with Crippen molar-refractivity contribution in [3.05, 3.63) is 30.1 Å². The van der Waals surface area contributed by atoms with Gasteiger partial charge in [-0.25, -0.2) is 9.18 Å². The number of hydrogen-bond donors (Lipinski definition) is 2. The molecule has 0 saturated heterocycles. The lowest BCUT2D eigenvalue weighted by atomic mass is 9.86. The van der Waals surface area contributed by atoms with Gasteiger partial charge in [-0.15, -0.1) is 0 Å². The largest absolute Gasteiger partial charge is 0.493 e. The summed E-state index contributed by atoms with van der Waals surface area (Å²) in [6, 6.07) is 4.62. The summed E-state index contributed by atoms with van der Waals surface area (Å²) in [6.45, 7) is 5.24. The number of rotatable bonds is 6. The van der Waals surface area contributed by atoms with Crippen LogP contribution >= 0.6 is 0 Å². The van der Waals surface area contributed by atoms with Crippen molar-refractivity contribution in [2.24, 2.45) is 5.41 Å². The van der Waals surface area contributed by atoms with Gasteiger partial charge in [0.2, 0.25) is 5.91 Å². The van der Waals surface area contributed by atoms with Crippen molar-refractivity contribution < 1.29 is 23.8 Å². The SMILES string of the molecule is CC(C)(C)C(NC(=O)CCOc1cccc(F)c1)C(=O)O. The van der Waals surface area contributed by atoms with Gasteiger partial charge in [0.05, 0.1) is 13.0 Å². The van der Waals surface area contributed by atoms with Gasteiger partial charge in [-0.3, -0.25) is 4.79 Å². The quantitative estimate of drug-likeness (QED) is 0.844. The fraction of sp³-hybridized carbons (Fsp3) is 0.467. The molecule has 21 heavy (non-hydrogen) atoms. The molecule has 1 amide bonds. The van der Waals surface area contributed by atoms with E-state index in [9.17, 15) is 14.0 Å². The van der Waals surface area contributed by atoms with Crippen molar-refractivity contribution in [2.45, 2.75) is 33.2 Å². The van der Waals surface area contributed by atoms with E-state index in [0.717, 1.165) is 0 Å². The molecule has 0 aliphatic heterocycles. The number of carboxylic acid groups (broad SMARTS) is 1. The number of amides is 1. The summed E-state index contributed by atoms with van der Waals surface area (Å²) < 4.78 is 18.2. The fourth-order valence-electron chi connectivity index (χ4n) is 1.70. The first kappa shape index (κ1) is 16.9. The van der Waals surface area contributed by atoms with E-state index in [-0.39, 0.29) is 13.0 Å². The zero-order chi connectivity index (χ0) is 16.0. The normalized spacial score (nSPS) is 12.6. The molecule has 0 spiro atoms. The third-order valence-electron chi connectivity index (χ3n) is 2.81. The second-order valence-corrected chi connectivity index (χ2v) is 5.76. The highest BCUT2D eigenvalue weighted by Gasteiger charge is 2.32. The van der Waals surface area contributed by atoms with Crippen LogP contribution in [0.5, 0.6) is 5.75 Å². The Bertz CT molecular complexity index is 511. The average molecular weight is 297 g/mol. The van der Waals surface area contributed by atoms with E-state index < -0.39 is 29.2 Å². The Kier molecular flexibility index (Phi) is 5.69. The summed E-state index contributed by atoms with van der Waals surface area (Å²) in [5.41, 5.74) is -0.592. The molecule has 116 valence electrons. The average Bonchev–Trinajstić information content (AvgIpc) is 2.34. The minimum absolute atomic E-state index is 0.00360. The number of ether oxygens (including phenoxy) is 1. The molecule has 6 heteroatoms. The Balaban J connectivity index is 2.45. The highest BCUT2D eigenvalue weighted by atomic mass is 19.1. The Morgan fingerprint density at radius 2 is 2.05 bits per heavy atom. The Labute approximate surface area is 123 Å². The van der Waals surface area contributed by atoms with Crippen molar-refractivity contribution in [3.63, 3.8) is 0 Å². The molecule has 0 aromatic heterocycles. The number of carbonyl (C=O) groups is 2. The van der Waals surface area contributed by atoms with Crippen LogP contribution in [0.3, 0.4) is 0 Å². The third-order valence-corrected chi connectivity index (χ3v) is 2.81. The van der Waals surface area contributed by atoms with Gasteiger partial charge in [-0.05, 0) is 17.5 Å². The molecule has 0 saturated carbocycles. The maximum atomic E-state index is 12.9. The number of halogens is 1. The van der Waals surface area contributed by atoms with E-state index in [2.05, 4.69) is 5.32 Å². The molecular weight excluding hydrogens is 277 g/mol. The van der Waals surface area contributed by atoms with E-state index in [0.29, 0.717) is 5.75 Å². The number of aliphatic carboxylic acids is 1. The highest BCUT2D eigenvalue weighted by Crippen LogP contribution is 2.19. The molecule has 1 unspecified atom stereocenters. The second-order valence-electron chi connectivity index (χ2n) is 5.76. The molecule has 5 nitrogen and oxygen atoms in total. The van der Waals surface area contributed by atoms with Gasteiger partial charge in [0.25, 0.3) is 0 Å². The molecule has 0 aliphatic carbocycles. The second kappa shape index (κ2) is 7.06. The molecule has 0 radical (unpaired) electrons. The standard InChI is InChI=1S/C15H20FNO4/c1-15(2,3)13(14(19)20)17-12(18)7-8-21-11-6-4-5-10(16)9-11/h4-6,9,13H,7-8H2,1-3H3,(H,17,18)(H,19,20). The van der Waals surface area contributed by atoms with Crippen molar-refractivity contribution in [2.75, 3.05) is 6.61 Å². The lowest BCUT2D eigenvalue weighted by Gasteiger charge is -2.27. The van der Waals surface area contributed by atoms with E-state index in [1.165, 1.54) is 18.2 Å². The predicted octanol–water partition coefficient (Wildman–Crippen LogP) is 2.21. The lowest BCUT2D eigenvalue weighted by Crippen LogP contribution is -2.49. The van der Waals surface area contributed by atoms with Gasteiger partial charge in [0.15, 0.2) is 0 Å². The predicted molar refractivity (Wildman–Crippen MR) is 75.5 cm³/mol. The van der Waals surface area contributed by atoms with Crippen LogP contribution in [-0.2, 0) is 9.59 Å². The first-order chi connectivity index (χ1) is 9.70. The van der Waals surface area contributed by atoms with Gasteiger partial charge in [0.1, 0.15) is 17.6 Å². The summed E-state index contributed by atoms with van der Waals surface area (Å²) >= 11 is 0. The topological polar surface area (TPSA) is 75.6 Å². The Morgan fingerprint density at radius 1 is 1.38 bits per heavy atom. The van der Waals surface area contributed by atoms with Crippen molar-refractivity contribution in [1.29, 1.82) is 0 Å². The zero-order valence-electron chi connectivity index (χ0n) is 12.4. The van der Waals surface area contributed by atoms with Crippen LogP contribution in [0.4, 0.5) is 4.39 Å². The van der Waals surface area contributed by atoms with Crippen LogP contribution in [0.25, 0.3) is 0 Å². The van der Waals surface area contributed by atoms with Crippen LogP contribution in [0.15, 0.2) is 24.3 Å². The minimum Gasteiger partial charge on any atom is -0.493 e. The summed E-state index contributed by atoms with van der Waals surface area (Å²) in [6.07, 6.45) is -0.00360. The van der Waals surface area contributed by atoms with Crippen molar-refractivity contribution in [1.82, 2.24) is 5.32 Å². The van der Waals surface area contributed by atoms with Crippen LogP contribution < -0.4 is 10.1 Å². The van der Waals surface area contributed by atoms with Gasteiger partial charge in [-0.2, -0.15) is 0 Å². The van der Waals surface area contributed by atoms with E-state index in [1.807, 2.05) is 0 Å². The summed E-state index contributed by atoms with van der Waals surface area (Å²) in [5.74, 6) is -1.60. The lowest BCUT2D eigenvalue weighted by molar-refractivity contribution is -0.145.